The minimum absolute atomic E-state index is 0.188. The number of guanidine groups is 1. The summed E-state index contributed by atoms with van der Waals surface area (Å²) in [7, 11) is 0.772. The molecule has 0 radical (unpaired) electrons. The number of benzene rings is 1. The van der Waals surface area contributed by atoms with Gasteiger partial charge in [-0.3, -0.25) is 4.99 Å². The summed E-state index contributed by atoms with van der Waals surface area (Å²) in [4.78, 5) is 6.21. The van der Waals surface area contributed by atoms with E-state index < -0.39 is 9.84 Å². The van der Waals surface area contributed by atoms with Crippen LogP contribution in [-0.2, 0) is 16.4 Å². The number of nitrogens with zero attached hydrogens (tertiary/aromatic N) is 2. The zero-order valence-electron chi connectivity index (χ0n) is 12.6. The highest BCUT2D eigenvalue weighted by molar-refractivity contribution is 9.10. The third kappa shape index (κ3) is 7.47. The quantitative estimate of drug-likeness (QED) is 0.468. The second kappa shape index (κ2) is 8.38. The molecule has 0 aliphatic rings. The van der Waals surface area contributed by atoms with Crippen molar-refractivity contribution in [2.24, 2.45) is 4.99 Å². The molecular formula is C14H22BrN3O2S. The van der Waals surface area contributed by atoms with E-state index in [1.165, 1.54) is 11.8 Å². The number of hydrogen-bond acceptors (Lipinski definition) is 3. The molecule has 7 heteroatoms. The zero-order valence-corrected chi connectivity index (χ0v) is 15.0. The average Bonchev–Trinajstić information content (AvgIpc) is 2.40. The molecule has 1 rings (SSSR count). The van der Waals surface area contributed by atoms with Crippen LogP contribution in [0.5, 0.6) is 0 Å². The van der Waals surface area contributed by atoms with Crippen molar-refractivity contribution in [3.63, 3.8) is 0 Å². The molecule has 1 aromatic rings. The van der Waals surface area contributed by atoms with Crippen LogP contribution < -0.4 is 5.32 Å². The Morgan fingerprint density at radius 3 is 2.48 bits per heavy atom. The predicted molar refractivity (Wildman–Crippen MR) is 91.3 cm³/mol. The first kappa shape index (κ1) is 18.0. The highest BCUT2D eigenvalue weighted by Gasteiger charge is 2.07. The maximum Gasteiger partial charge on any atom is 0.193 e. The summed E-state index contributed by atoms with van der Waals surface area (Å²) in [6.45, 7) is 1.32. The van der Waals surface area contributed by atoms with E-state index in [1.807, 2.05) is 24.1 Å². The Bertz CT molecular complexity index is 570. The summed E-state index contributed by atoms with van der Waals surface area (Å²) in [5.74, 6) is 0.944. The van der Waals surface area contributed by atoms with Gasteiger partial charge in [-0.15, -0.1) is 0 Å². The molecule has 0 spiro atoms. The van der Waals surface area contributed by atoms with Crippen LogP contribution in [0.4, 0.5) is 0 Å². The predicted octanol–water partition coefficient (Wildman–Crippen LogP) is 1.89. The summed E-state index contributed by atoms with van der Waals surface area (Å²) >= 11 is 3.41. The van der Waals surface area contributed by atoms with Crippen LogP contribution in [-0.4, -0.2) is 51.9 Å². The SMILES string of the molecule is CN=C(NCCCS(C)(=O)=O)N(C)Cc1ccc(Br)cc1. The van der Waals surface area contributed by atoms with E-state index in [1.54, 1.807) is 7.05 Å². The standard InChI is InChI=1S/C14H22BrN3O2S/c1-16-14(17-9-4-10-21(3,19)20)18(2)11-12-5-7-13(15)8-6-12/h5-8H,4,9-11H2,1-3H3,(H,16,17). The summed E-state index contributed by atoms with van der Waals surface area (Å²) < 4.78 is 23.2. The van der Waals surface area contributed by atoms with E-state index in [2.05, 4.69) is 38.4 Å². The molecule has 5 nitrogen and oxygen atoms in total. The maximum atomic E-state index is 11.1. The van der Waals surface area contributed by atoms with Gasteiger partial charge in [-0.2, -0.15) is 0 Å². The van der Waals surface area contributed by atoms with Crippen molar-refractivity contribution in [1.82, 2.24) is 10.2 Å². The van der Waals surface area contributed by atoms with Crippen LogP contribution >= 0.6 is 15.9 Å². The first-order valence-corrected chi connectivity index (χ1v) is 9.51. The lowest BCUT2D eigenvalue weighted by atomic mass is 10.2. The fourth-order valence-corrected chi connectivity index (χ4v) is 2.79. The molecule has 0 amide bonds. The molecule has 1 aromatic carbocycles. The van der Waals surface area contributed by atoms with Crippen molar-refractivity contribution in [1.29, 1.82) is 0 Å². The van der Waals surface area contributed by atoms with Crippen molar-refractivity contribution in [2.45, 2.75) is 13.0 Å². The number of hydrogen-bond donors (Lipinski definition) is 1. The Hall–Kier alpha value is -1.08. The van der Waals surface area contributed by atoms with Crippen LogP contribution in [0.1, 0.15) is 12.0 Å². The fourth-order valence-electron chi connectivity index (χ4n) is 1.86. The lowest BCUT2D eigenvalue weighted by Gasteiger charge is -2.22. The van der Waals surface area contributed by atoms with Gasteiger partial charge in [0.25, 0.3) is 0 Å². The van der Waals surface area contributed by atoms with Gasteiger partial charge in [0.2, 0.25) is 0 Å². The Morgan fingerprint density at radius 2 is 1.95 bits per heavy atom. The van der Waals surface area contributed by atoms with Gasteiger partial charge in [-0.25, -0.2) is 8.42 Å². The molecule has 0 saturated carbocycles. The summed E-state index contributed by atoms with van der Waals surface area (Å²) in [6.07, 6.45) is 1.82. The van der Waals surface area contributed by atoms with Gasteiger partial charge in [0.05, 0.1) is 5.75 Å². The smallest absolute Gasteiger partial charge is 0.193 e. The van der Waals surface area contributed by atoms with E-state index >= 15 is 0 Å². The minimum atomic E-state index is -2.90. The van der Waals surface area contributed by atoms with E-state index in [0.717, 1.165) is 17.0 Å². The number of rotatable bonds is 6. The molecule has 0 aliphatic heterocycles. The van der Waals surface area contributed by atoms with E-state index in [9.17, 15) is 8.42 Å². The van der Waals surface area contributed by atoms with Crippen molar-refractivity contribution in [2.75, 3.05) is 32.6 Å². The zero-order chi connectivity index (χ0) is 15.9. The minimum Gasteiger partial charge on any atom is -0.356 e. The molecule has 0 saturated heterocycles. The van der Waals surface area contributed by atoms with Gasteiger partial charge >= 0.3 is 0 Å². The van der Waals surface area contributed by atoms with Crippen LogP contribution in [0.25, 0.3) is 0 Å². The molecule has 0 heterocycles. The van der Waals surface area contributed by atoms with Gasteiger partial charge in [-0.1, -0.05) is 28.1 Å². The van der Waals surface area contributed by atoms with E-state index in [4.69, 9.17) is 0 Å². The molecule has 0 aliphatic carbocycles. The molecule has 0 fully saturated rings. The van der Waals surface area contributed by atoms with Gasteiger partial charge < -0.3 is 10.2 Å². The maximum absolute atomic E-state index is 11.1. The lowest BCUT2D eigenvalue weighted by Crippen LogP contribution is -2.39. The van der Waals surface area contributed by atoms with Gasteiger partial charge in [0, 0.05) is 37.9 Å². The lowest BCUT2D eigenvalue weighted by molar-refractivity contribution is 0.476. The van der Waals surface area contributed by atoms with Crippen molar-refractivity contribution >= 4 is 31.7 Å². The third-order valence-electron chi connectivity index (χ3n) is 2.88. The van der Waals surface area contributed by atoms with E-state index in [-0.39, 0.29) is 5.75 Å². The second-order valence-corrected chi connectivity index (χ2v) is 8.12. The first-order valence-electron chi connectivity index (χ1n) is 6.66. The molecular weight excluding hydrogens is 354 g/mol. The normalized spacial score (nSPS) is 12.3. The van der Waals surface area contributed by atoms with Crippen LogP contribution in [0.15, 0.2) is 33.7 Å². The molecule has 0 aromatic heterocycles. The van der Waals surface area contributed by atoms with Crippen molar-refractivity contribution in [3.8, 4) is 0 Å². The number of sulfone groups is 1. The Labute approximate surface area is 135 Å². The van der Waals surface area contributed by atoms with Crippen LogP contribution in [0.2, 0.25) is 0 Å². The highest BCUT2D eigenvalue weighted by atomic mass is 79.9. The molecule has 21 heavy (non-hydrogen) atoms. The Balaban J connectivity index is 2.46. The molecule has 0 bridgehead atoms. The van der Waals surface area contributed by atoms with Gasteiger partial charge in [0.15, 0.2) is 5.96 Å². The Kier molecular flexibility index (Phi) is 7.17. The molecule has 1 N–H and O–H groups in total. The largest absolute Gasteiger partial charge is 0.356 e. The van der Waals surface area contributed by atoms with Gasteiger partial charge in [0.1, 0.15) is 9.84 Å². The van der Waals surface area contributed by atoms with Crippen molar-refractivity contribution in [3.05, 3.63) is 34.3 Å². The number of nitrogens with one attached hydrogen (secondary N) is 1. The topological polar surface area (TPSA) is 61.8 Å². The average molecular weight is 376 g/mol. The van der Waals surface area contributed by atoms with Gasteiger partial charge in [-0.05, 0) is 24.1 Å². The van der Waals surface area contributed by atoms with E-state index in [0.29, 0.717) is 13.0 Å². The summed E-state index contributed by atoms with van der Waals surface area (Å²) in [5.41, 5.74) is 1.18. The molecule has 0 unspecified atom stereocenters. The monoisotopic (exact) mass is 375 g/mol. The first-order chi connectivity index (χ1) is 9.81. The van der Waals surface area contributed by atoms with Crippen LogP contribution in [0.3, 0.4) is 0 Å². The number of halogens is 1. The number of aliphatic imine (C=N–C) groups is 1. The van der Waals surface area contributed by atoms with Crippen LogP contribution in [0, 0.1) is 0 Å². The Morgan fingerprint density at radius 1 is 1.33 bits per heavy atom. The third-order valence-corrected chi connectivity index (χ3v) is 4.44. The molecule has 0 atom stereocenters. The summed E-state index contributed by atoms with van der Waals surface area (Å²) in [5, 5.41) is 3.18. The fraction of sp³-hybridized carbons (Fsp3) is 0.500. The second-order valence-electron chi connectivity index (χ2n) is 4.94. The summed E-state index contributed by atoms with van der Waals surface area (Å²) in [6, 6.07) is 8.12. The highest BCUT2D eigenvalue weighted by Crippen LogP contribution is 2.11. The molecule has 118 valence electrons. The van der Waals surface area contributed by atoms with Crippen molar-refractivity contribution < 1.29 is 8.42 Å².